The van der Waals surface area contributed by atoms with E-state index in [2.05, 4.69) is 49.1 Å². The van der Waals surface area contributed by atoms with Crippen molar-refractivity contribution >= 4 is 28.7 Å². The summed E-state index contributed by atoms with van der Waals surface area (Å²) in [6, 6.07) is 5.44. The Morgan fingerprint density at radius 3 is 2.75 bits per heavy atom. The lowest BCUT2D eigenvalue weighted by atomic mass is 9.84. The van der Waals surface area contributed by atoms with E-state index in [1.54, 1.807) is 17.8 Å². The second-order valence-electron chi connectivity index (χ2n) is 7.61. The summed E-state index contributed by atoms with van der Waals surface area (Å²) in [4.78, 5) is 19.3. The van der Waals surface area contributed by atoms with Gasteiger partial charge in [0.05, 0.1) is 11.1 Å². The van der Waals surface area contributed by atoms with E-state index in [-0.39, 0.29) is 11.1 Å². The largest absolute Gasteiger partial charge is 0.366 e. The third kappa shape index (κ3) is 3.65. The maximum atomic E-state index is 11.5. The zero-order valence-corrected chi connectivity index (χ0v) is 15.4. The molecule has 3 rings (SSSR count). The number of H-pyrrole nitrogens is 1. The van der Waals surface area contributed by atoms with Crippen molar-refractivity contribution < 1.29 is 4.79 Å². The molecule has 0 radical (unpaired) electrons. The first-order valence-corrected chi connectivity index (χ1v) is 9.05. The number of rotatable bonds is 4. The molecule has 0 fully saturated rings. The average Bonchev–Trinajstić information content (AvgIpc) is 2.84. The summed E-state index contributed by atoms with van der Waals surface area (Å²) in [6.45, 7) is 8.84. The fourth-order valence-corrected chi connectivity index (χ4v) is 4.46. The molecule has 1 aliphatic rings. The second kappa shape index (κ2) is 5.93. The molecule has 1 aliphatic heterocycles. The molecule has 1 amide bonds. The van der Waals surface area contributed by atoms with Gasteiger partial charge in [0.2, 0.25) is 0 Å². The Hall–Kier alpha value is -1.79. The SMILES string of the molecule is CC1(C)C=C(CSc2nc3c(C(N)=O)cccc3[nH]2)CC(C)(C)N1. The minimum atomic E-state index is -0.451. The number of para-hydroxylation sites is 1. The highest BCUT2D eigenvalue weighted by Crippen LogP contribution is 2.31. The minimum absolute atomic E-state index is 0.00927. The Balaban J connectivity index is 1.80. The number of fused-ring (bicyclic) bond motifs is 1. The number of imidazole rings is 1. The molecular weight excluding hydrogens is 320 g/mol. The van der Waals surface area contributed by atoms with Gasteiger partial charge in [0.1, 0.15) is 5.52 Å². The standard InChI is InChI=1S/C18H24N4OS/c1-17(2)8-11(9-18(3,4)22-17)10-24-16-20-13-7-5-6-12(15(19)23)14(13)21-16/h5-8,22H,9-10H2,1-4H3,(H2,19,23)(H,20,21). The van der Waals surface area contributed by atoms with Crippen LogP contribution in [0.15, 0.2) is 35.0 Å². The van der Waals surface area contributed by atoms with Gasteiger partial charge in [-0.25, -0.2) is 4.98 Å². The molecule has 0 bridgehead atoms. The number of nitrogens with two attached hydrogens (primary N) is 1. The summed E-state index contributed by atoms with van der Waals surface area (Å²) < 4.78 is 0. The number of carbonyl (C=O) groups excluding carboxylic acids is 1. The first kappa shape index (κ1) is 17.0. The lowest BCUT2D eigenvalue weighted by Crippen LogP contribution is -2.54. The molecular formula is C18H24N4OS. The van der Waals surface area contributed by atoms with Gasteiger partial charge >= 0.3 is 0 Å². The van der Waals surface area contributed by atoms with E-state index in [1.807, 2.05) is 12.1 Å². The summed E-state index contributed by atoms with van der Waals surface area (Å²) in [5, 5.41) is 4.45. The van der Waals surface area contributed by atoms with Crippen molar-refractivity contribution in [2.45, 2.75) is 50.4 Å². The van der Waals surface area contributed by atoms with Crippen LogP contribution in [0.1, 0.15) is 44.5 Å². The molecule has 0 atom stereocenters. The Morgan fingerprint density at radius 2 is 2.08 bits per heavy atom. The van der Waals surface area contributed by atoms with Gasteiger partial charge in [0.15, 0.2) is 5.16 Å². The van der Waals surface area contributed by atoms with Crippen LogP contribution in [-0.4, -0.2) is 32.7 Å². The monoisotopic (exact) mass is 344 g/mol. The van der Waals surface area contributed by atoms with Crippen molar-refractivity contribution in [2.24, 2.45) is 5.73 Å². The molecule has 2 heterocycles. The van der Waals surface area contributed by atoms with Crippen molar-refractivity contribution in [3.05, 3.63) is 35.4 Å². The fourth-order valence-electron chi connectivity index (χ4n) is 3.61. The number of hydrogen-bond donors (Lipinski definition) is 3. The van der Waals surface area contributed by atoms with E-state index < -0.39 is 5.91 Å². The Kier molecular flexibility index (Phi) is 4.21. The average molecular weight is 344 g/mol. The molecule has 4 N–H and O–H groups in total. The molecule has 128 valence electrons. The van der Waals surface area contributed by atoms with Gasteiger partial charge in [-0.3, -0.25) is 4.79 Å². The first-order valence-electron chi connectivity index (χ1n) is 8.06. The minimum Gasteiger partial charge on any atom is -0.366 e. The lowest BCUT2D eigenvalue weighted by molar-refractivity contribution is 0.100. The van der Waals surface area contributed by atoms with Crippen LogP contribution in [0.2, 0.25) is 0 Å². The van der Waals surface area contributed by atoms with E-state index in [1.165, 1.54) is 5.57 Å². The van der Waals surface area contributed by atoms with Crippen LogP contribution in [0.25, 0.3) is 11.0 Å². The second-order valence-corrected chi connectivity index (χ2v) is 8.57. The summed E-state index contributed by atoms with van der Waals surface area (Å²) in [7, 11) is 0. The van der Waals surface area contributed by atoms with Crippen molar-refractivity contribution in [1.29, 1.82) is 0 Å². The van der Waals surface area contributed by atoms with Gasteiger partial charge in [-0.1, -0.05) is 29.5 Å². The summed E-state index contributed by atoms with van der Waals surface area (Å²) in [5.41, 5.74) is 8.85. The lowest BCUT2D eigenvalue weighted by Gasteiger charge is -2.41. The summed E-state index contributed by atoms with van der Waals surface area (Å²) in [5.74, 6) is 0.425. The predicted molar refractivity (Wildman–Crippen MR) is 99.3 cm³/mol. The molecule has 0 spiro atoms. The number of aromatic nitrogens is 2. The molecule has 0 unspecified atom stereocenters. The molecule has 1 aromatic heterocycles. The topological polar surface area (TPSA) is 83.8 Å². The van der Waals surface area contributed by atoms with Crippen LogP contribution < -0.4 is 11.1 Å². The Morgan fingerprint density at radius 1 is 1.33 bits per heavy atom. The zero-order chi connectivity index (χ0) is 17.5. The molecule has 6 heteroatoms. The van der Waals surface area contributed by atoms with Crippen molar-refractivity contribution in [1.82, 2.24) is 15.3 Å². The third-order valence-electron chi connectivity index (χ3n) is 4.05. The molecule has 0 saturated carbocycles. The highest BCUT2D eigenvalue weighted by Gasteiger charge is 2.31. The number of nitrogens with zero attached hydrogens (tertiary/aromatic N) is 1. The Labute approximate surface area is 146 Å². The van der Waals surface area contributed by atoms with Crippen LogP contribution in [-0.2, 0) is 0 Å². The molecule has 24 heavy (non-hydrogen) atoms. The maximum absolute atomic E-state index is 11.5. The van der Waals surface area contributed by atoms with Gasteiger partial charge in [-0.2, -0.15) is 0 Å². The van der Waals surface area contributed by atoms with Crippen LogP contribution in [0.3, 0.4) is 0 Å². The van der Waals surface area contributed by atoms with E-state index in [4.69, 9.17) is 5.73 Å². The number of nitrogens with one attached hydrogen (secondary N) is 2. The van der Waals surface area contributed by atoms with E-state index in [0.29, 0.717) is 11.1 Å². The number of benzene rings is 1. The highest BCUT2D eigenvalue weighted by molar-refractivity contribution is 7.99. The van der Waals surface area contributed by atoms with Crippen molar-refractivity contribution in [2.75, 3.05) is 5.75 Å². The molecule has 1 aromatic carbocycles. The van der Waals surface area contributed by atoms with Gasteiger partial charge in [0.25, 0.3) is 5.91 Å². The van der Waals surface area contributed by atoms with Crippen LogP contribution in [0.5, 0.6) is 0 Å². The first-order chi connectivity index (χ1) is 11.2. The van der Waals surface area contributed by atoms with Crippen LogP contribution in [0, 0.1) is 0 Å². The number of amides is 1. The number of primary amides is 1. The molecule has 0 saturated heterocycles. The fraction of sp³-hybridized carbons (Fsp3) is 0.444. The summed E-state index contributed by atoms with van der Waals surface area (Å²) >= 11 is 1.66. The van der Waals surface area contributed by atoms with Crippen molar-refractivity contribution in [3.63, 3.8) is 0 Å². The van der Waals surface area contributed by atoms with Gasteiger partial charge < -0.3 is 16.0 Å². The van der Waals surface area contributed by atoms with Gasteiger partial charge in [0, 0.05) is 16.8 Å². The predicted octanol–water partition coefficient (Wildman–Crippen LogP) is 3.23. The number of aromatic amines is 1. The zero-order valence-electron chi connectivity index (χ0n) is 14.6. The van der Waals surface area contributed by atoms with E-state index >= 15 is 0 Å². The molecule has 0 aliphatic carbocycles. The highest BCUT2D eigenvalue weighted by atomic mass is 32.2. The van der Waals surface area contributed by atoms with E-state index in [9.17, 15) is 4.79 Å². The summed E-state index contributed by atoms with van der Waals surface area (Å²) in [6.07, 6.45) is 3.32. The number of hydrogen-bond acceptors (Lipinski definition) is 4. The van der Waals surface area contributed by atoms with Crippen LogP contribution >= 0.6 is 11.8 Å². The number of thioether (sulfide) groups is 1. The van der Waals surface area contributed by atoms with Gasteiger partial charge in [-0.05, 0) is 46.2 Å². The van der Waals surface area contributed by atoms with Crippen LogP contribution in [0.4, 0.5) is 0 Å². The van der Waals surface area contributed by atoms with Crippen molar-refractivity contribution in [3.8, 4) is 0 Å². The molecule has 2 aromatic rings. The quantitative estimate of drug-likeness (QED) is 0.587. The smallest absolute Gasteiger partial charge is 0.250 e. The molecule has 5 nitrogen and oxygen atoms in total. The normalized spacial score (nSPS) is 19.2. The van der Waals surface area contributed by atoms with Gasteiger partial charge in [-0.15, -0.1) is 0 Å². The maximum Gasteiger partial charge on any atom is 0.250 e. The number of carbonyl (C=O) groups is 1. The van der Waals surface area contributed by atoms with E-state index in [0.717, 1.165) is 22.8 Å². The third-order valence-corrected chi connectivity index (χ3v) is 5.03. The Bertz CT molecular complexity index is 820.